The quantitative estimate of drug-likeness (QED) is 0.742. The molecule has 0 radical (unpaired) electrons. The Hall–Kier alpha value is -0.890. The van der Waals surface area contributed by atoms with Crippen molar-refractivity contribution < 1.29 is 4.39 Å². The number of rotatable bonds is 1. The Balaban J connectivity index is 2.04. The predicted octanol–water partition coefficient (Wildman–Crippen LogP) is 2.39. The van der Waals surface area contributed by atoms with Gasteiger partial charge in [0, 0.05) is 18.5 Å². The lowest BCUT2D eigenvalue weighted by atomic mass is 9.89. The van der Waals surface area contributed by atoms with Crippen LogP contribution in [0.2, 0.25) is 0 Å². The smallest absolute Gasteiger partial charge is 0.126 e. The van der Waals surface area contributed by atoms with Gasteiger partial charge in [0.25, 0.3) is 0 Å². The largest absolute Gasteiger partial charge is 0.315 e. The molecule has 1 aromatic carbocycles. The summed E-state index contributed by atoms with van der Waals surface area (Å²) < 4.78 is 13.5. The topological polar surface area (TPSA) is 12.0 Å². The maximum absolute atomic E-state index is 13.5. The van der Waals surface area contributed by atoms with Gasteiger partial charge in [-0.1, -0.05) is 19.1 Å². The van der Waals surface area contributed by atoms with Crippen molar-refractivity contribution in [1.82, 2.24) is 5.32 Å². The summed E-state index contributed by atoms with van der Waals surface area (Å²) in [5.41, 5.74) is 2.51. The third-order valence-electron chi connectivity index (χ3n) is 4.39. The molecule has 0 bridgehead atoms. The van der Waals surface area contributed by atoms with E-state index >= 15 is 0 Å². The van der Waals surface area contributed by atoms with E-state index in [1.807, 2.05) is 13.0 Å². The van der Waals surface area contributed by atoms with E-state index in [-0.39, 0.29) is 11.2 Å². The van der Waals surface area contributed by atoms with Crippen molar-refractivity contribution in [2.75, 3.05) is 13.1 Å². The van der Waals surface area contributed by atoms with Crippen LogP contribution in [0.25, 0.3) is 0 Å². The second-order valence-corrected chi connectivity index (χ2v) is 5.39. The highest BCUT2D eigenvalue weighted by molar-refractivity contribution is 5.42. The van der Waals surface area contributed by atoms with Gasteiger partial charge in [-0.15, -0.1) is 0 Å². The highest BCUT2D eigenvalue weighted by atomic mass is 19.1. The third-order valence-corrected chi connectivity index (χ3v) is 4.39. The average molecular weight is 205 g/mol. The summed E-state index contributed by atoms with van der Waals surface area (Å²) in [6.07, 6.45) is 1.20. The molecular weight excluding hydrogens is 189 g/mol. The molecule has 1 aliphatic heterocycles. The molecule has 2 aliphatic rings. The zero-order valence-corrected chi connectivity index (χ0v) is 9.23. The predicted molar refractivity (Wildman–Crippen MR) is 58.4 cm³/mol. The average Bonchev–Trinajstić information content (AvgIpc) is 2.66. The Morgan fingerprint density at radius 2 is 2.13 bits per heavy atom. The molecule has 0 aromatic heterocycles. The molecule has 1 saturated carbocycles. The van der Waals surface area contributed by atoms with Crippen LogP contribution in [0.15, 0.2) is 18.2 Å². The Bertz CT molecular complexity index is 425. The van der Waals surface area contributed by atoms with Gasteiger partial charge in [0.2, 0.25) is 0 Å². The van der Waals surface area contributed by atoms with Gasteiger partial charge in [0.15, 0.2) is 0 Å². The van der Waals surface area contributed by atoms with Crippen LogP contribution < -0.4 is 5.32 Å². The number of hydrogen-bond acceptors (Lipinski definition) is 1. The van der Waals surface area contributed by atoms with E-state index in [1.54, 1.807) is 6.07 Å². The summed E-state index contributed by atoms with van der Waals surface area (Å²) in [5.74, 6) is -0.0666. The van der Waals surface area contributed by atoms with Crippen molar-refractivity contribution in [2.45, 2.75) is 25.7 Å². The van der Waals surface area contributed by atoms with E-state index in [0.29, 0.717) is 5.41 Å². The lowest BCUT2D eigenvalue weighted by Crippen LogP contribution is -2.19. The zero-order chi connectivity index (χ0) is 10.7. The van der Waals surface area contributed by atoms with Crippen LogP contribution in [0.4, 0.5) is 4.39 Å². The van der Waals surface area contributed by atoms with Crippen LogP contribution in [0.3, 0.4) is 0 Å². The van der Waals surface area contributed by atoms with Crippen molar-refractivity contribution in [3.8, 4) is 0 Å². The minimum absolute atomic E-state index is 0.0666. The molecule has 1 N–H and O–H groups in total. The first-order valence-electron chi connectivity index (χ1n) is 5.55. The molecule has 1 aliphatic carbocycles. The minimum Gasteiger partial charge on any atom is -0.315 e. The standard InChI is InChI=1S/C13H16FN/c1-9-3-4-10(5-11(9)14)13-6-12(13,2)7-15-8-13/h3-5,15H,6-8H2,1-2H3/t12-,13+/m0/s1. The lowest BCUT2D eigenvalue weighted by molar-refractivity contribution is 0.549. The number of piperidine rings is 1. The second kappa shape index (κ2) is 2.62. The Labute approximate surface area is 89.7 Å². The van der Waals surface area contributed by atoms with E-state index in [4.69, 9.17) is 0 Å². The number of benzene rings is 1. The summed E-state index contributed by atoms with van der Waals surface area (Å²) in [5, 5.41) is 3.41. The summed E-state index contributed by atoms with van der Waals surface area (Å²) in [7, 11) is 0. The SMILES string of the molecule is Cc1ccc([C@@]23CNC[C@]2(C)C3)cc1F. The van der Waals surface area contributed by atoms with E-state index in [2.05, 4.69) is 18.3 Å². The summed E-state index contributed by atoms with van der Waals surface area (Å²) in [6.45, 7) is 6.19. The van der Waals surface area contributed by atoms with E-state index < -0.39 is 0 Å². The molecule has 1 saturated heterocycles. The van der Waals surface area contributed by atoms with Crippen molar-refractivity contribution >= 4 is 0 Å². The van der Waals surface area contributed by atoms with Gasteiger partial charge in [-0.25, -0.2) is 4.39 Å². The van der Waals surface area contributed by atoms with Gasteiger partial charge < -0.3 is 5.32 Å². The Morgan fingerprint density at radius 1 is 1.33 bits per heavy atom. The highest BCUT2D eigenvalue weighted by Gasteiger charge is 2.67. The maximum atomic E-state index is 13.5. The van der Waals surface area contributed by atoms with Crippen LogP contribution in [0, 0.1) is 18.2 Å². The minimum atomic E-state index is -0.0666. The van der Waals surface area contributed by atoms with Crippen molar-refractivity contribution in [3.05, 3.63) is 35.1 Å². The van der Waals surface area contributed by atoms with Crippen LogP contribution >= 0.6 is 0 Å². The Morgan fingerprint density at radius 3 is 2.67 bits per heavy atom. The van der Waals surface area contributed by atoms with E-state index in [0.717, 1.165) is 18.7 Å². The summed E-state index contributed by atoms with van der Waals surface area (Å²) in [6, 6.07) is 5.72. The zero-order valence-electron chi connectivity index (χ0n) is 9.23. The van der Waals surface area contributed by atoms with Crippen molar-refractivity contribution in [2.24, 2.45) is 5.41 Å². The molecule has 0 unspecified atom stereocenters. The normalized spacial score (nSPS) is 37.8. The molecule has 2 heteroatoms. The third kappa shape index (κ3) is 1.06. The fourth-order valence-electron chi connectivity index (χ4n) is 3.12. The summed E-state index contributed by atoms with van der Waals surface area (Å²) in [4.78, 5) is 0. The molecule has 80 valence electrons. The molecule has 3 rings (SSSR count). The second-order valence-electron chi connectivity index (χ2n) is 5.39. The molecule has 0 amide bonds. The first kappa shape index (κ1) is 9.34. The first-order valence-corrected chi connectivity index (χ1v) is 5.55. The number of hydrogen-bond donors (Lipinski definition) is 1. The van der Waals surface area contributed by atoms with Gasteiger partial charge in [-0.2, -0.15) is 0 Å². The maximum Gasteiger partial charge on any atom is 0.126 e. The van der Waals surface area contributed by atoms with Crippen molar-refractivity contribution in [3.63, 3.8) is 0 Å². The van der Waals surface area contributed by atoms with Crippen molar-refractivity contribution in [1.29, 1.82) is 0 Å². The molecule has 1 nitrogen and oxygen atoms in total. The molecule has 1 aromatic rings. The fourth-order valence-corrected chi connectivity index (χ4v) is 3.12. The van der Waals surface area contributed by atoms with E-state index in [9.17, 15) is 4.39 Å². The van der Waals surface area contributed by atoms with Crippen LogP contribution in [-0.4, -0.2) is 13.1 Å². The van der Waals surface area contributed by atoms with Gasteiger partial charge >= 0.3 is 0 Å². The number of halogens is 1. The highest BCUT2D eigenvalue weighted by Crippen LogP contribution is 2.66. The van der Waals surface area contributed by atoms with Gasteiger partial charge in [-0.05, 0) is 36.0 Å². The number of nitrogens with one attached hydrogen (secondary N) is 1. The molecule has 1 heterocycles. The summed E-state index contributed by atoms with van der Waals surface area (Å²) >= 11 is 0. The lowest BCUT2D eigenvalue weighted by Gasteiger charge is -2.15. The van der Waals surface area contributed by atoms with Gasteiger partial charge in [0.05, 0.1) is 0 Å². The number of aryl methyl sites for hydroxylation is 1. The van der Waals surface area contributed by atoms with Gasteiger partial charge in [-0.3, -0.25) is 0 Å². The molecule has 2 atom stereocenters. The van der Waals surface area contributed by atoms with Crippen LogP contribution in [0.1, 0.15) is 24.5 Å². The van der Waals surface area contributed by atoms with Crippen LogP contribution in [0.5, 0.6) is 0 Å². The van der Waals surface area contributed by atoms with Gasteiger partial charge in [0.1, 0.15) is 5.82 Å². The van der Waals surface area contributed by atoms with E-state index in [1.165, 1.54) is 12.0 Å². The molecule has 2 fully saturated rings. The number of fused-ring (bicyclic) bond motifs is 1. The first-order chi connectivity index (χ1) is 7.07. The fraction of sp³-hybridized carbons (Fsp3) is 0.538. The monoisotopic (exact) mass is 205 g/mol. The molecule has 15 heavy (non-hydrogen) atoms. The van der Waals surface area contributed by atoms with Crippen LogP contribution in [-0.2, 0) is 5.41 Å². The molecular formula is C13H16FN. The molecule has 0 spiro atoms. The Kier molecular flexibility index (Phi) is 1.63.